The molecule has 0 amide bonds. The Bertz CT molecular complexity index is 444. The molecule has 0 aliphatic carbocycles. The maximum absolute atomic E-state index is 10.5. The van der Waals surface area contributed by atoms with Crippen molar-refractivity contribution in [3.05, 3.63) is 26.9 Å². The third-order valence-corrected chi connectivity index (χ3v) is 2.52. The molecule has 0 aliphatic heterocycles. The van der Waals surface area contributed by atoms with Crippen LogP contribution in [-0.2, 0) is 0 Å². The molecular weight excluding hydrogens is 276 g/mol. The zero-order valence-corrected chi connectivity index (χ0v) is 10.1. The maximum Gasteiger partial charge on any atom is 0.288 e. The Labute approximate surface area is 101 Å². The second-order valence-corrected chi connectivity index (χ2v) is 3.94. The minimum Gasteiger partial charge on any atom is -0.358 e. The van der Waals surface area contributed by atoms with Crippen LogP contribution in [0.25, 0.3) is 0 Å². The second-order valence-electron chi connectivity index (χ2n) is 3.09. The van der Waals surface area contributed by atoms with Crippen LogP contribution in [-0.4, -0.2) is 23.5 Å². The van der Waals surface area contributed by atoms with Crippen molar-refractivity contribution in [2.45, 2.75) is 6.42 Å². The second kappa shape index (κ2) is 5.42. The van der Waals surface area contributed by atoms with Crippen LogP contribution in [0, 0.1) is 21.4 Å². The van der Waals surface area contributed by atoms with E-state index in [9.17, 15) is 10.1 Å². The highest BCUT2D eigenvalue weighted by atomic mass is 79.9. The molecule has 1 heterocycles. The molecule has 0 bridgehead atoms. The van der Waals surface area contributed by atoms with Crippen LogP contribution >= 0.6 is 15.9 Å². The third kappa shape index (κ3) is 2.90. The molecule has 1 rings (SSSR count). The van der Waals surface area contributed by atoms with Crippen LogP contribution in [0.1, 0.15) is 6.42 Å². The van der Waals surface area contributed by atoms with E-state index in [1.807, 2.05) is 6.07 Å². The lowest BCUT2D eigenvalue weighted by atomic mass is 10.3. The van der Waals surface area contributed by atoms with E-state index in [0.29, 0.717) is 23.3 Å². The molecule has 84 valence electrons. The minimum atomic E-state index is -0.503. The number of pyridine rings is 1. The number of nitriles is 1. The topological polar surface area (TPSA) is 83.1 Å². The summed E-state index contributed by atoms with van der Waals surface area (Å²) >= 11 is 3.22. The number of halogens is 1. The summed E-state index contributed by atoms with van der Waals surface area (Å²) in [4.78, 5) is 15.7. The summed E-state index contributed by atoms with van der Waals surface area (Å²) in [7, 11) is 1.77. The molecule has 0 radical (unpaired) electrons. The van der Waals surface area contributed by atoms with Crippen LogP contribution < -0.4 is 4.90 Å². The Hall–Kier alpha value is -1.68. The number of rotatable bonds is 4. The Morgan fingerprint density at radius 3 is 2.94 bits per heavy atom. The summed E-state index contributed by atoms with van der Waals surface area (Å²) in [5, 5.41) is 18.9. The lowest BCUT2D eigenvalue weighted by Crippen LogP contribution is -2.19. The molecule has 1 aromatic rings. The van der Waals surface area contributed by atoms with Gasteiger partial charge in [-0.05, 0) is 15.9 Å². The first-order chi connectivity index (χ1) is 7.56. The van der Waals surface area contributed by atoms with Crippen molar-refractivity contribution < 1.29 is 4.92 Å². The van der Waals surface area contributed by atoms with E-state index < -0.39 is 4.92 Å². The lowest BCUT2D eigenvalue weighted by Gasteiger charge is -2.17. The van der Waals surface area contributed by atoms with E-state index in [1.54, 1.807) is 11.9 Å². The van der Waals surface area contributed by atoms with Crippen molar-refractivity contribution in [2.24, 2.45) is 0 Å². The van der Waals surface area contributed by atoms with Gasteiger partial charge < -0.3 is 4.90 Å². The van der Waals surface area contributed by atoms with Gasteiger partial charge in [-0.25, -0.2) is 4.98 Å². The fourth-order valence-electron chi connectivity index (χ4n) is 1.12. The van der Waals surface area contributed by atoms with Gasteiger partial charge in [0.2, 0.25) is 0 Å². The van der Waals surface area contributed by atoms with Crippen molar-refractivity contribution in [1.82, 2.24) is 4.98 Å². The van der Waals surface area contributed by atoms with Crippen LogP contribution in [0.3, 0.4) is 0 Å². The minimum absolute atomic E-state index is 0.0655. The van der Waals surface area contributed by atoms with Crippen molar-refractivity contribution in [1.29, 1.82) is 5.26 Å². The molecule has 0 fully saturated rings. The number of nitrogens with zero attached hydrogens (tertiary/aromatic N) is 4. The summed E-state index contributed by atoms with van der Waals surface area (Å²) in [6.07, 6.45) is 1.57. The van der Waals surface area contributed by atoms with Crippen molar-refractivity contribution in [2.75, 3.05) is 18.5 Å². The quantitative estimate of drug-likeness (QED) is 0.625. The molecule has 0 saturated carbocycles. The summed E-state index contributed by atoms with van der Waals surface area (Å²) in [5.41, 5.74) is -0.0655. The van der Waals surface area contributed by atoms with Gasteiger partial charge >= 0.3 is 0 Å². The number of hydrogen-bond acceptors (Lipinski definition) is 5. The fourth-order valence-corrected chi connectivity index (χ4v) is 1.76. The first-order valence-electron chi connectivity index (χ1n) is 4.44. The fraction of sp³-hybridized carbons (Fsp3) is 0.333. The van der Waals surface area contributed by atoms with E-state index in [4.69, 9.17) is 5.26 Å². The molecule has 0 spiro atoms. The number of hydrogen-bond donors (Lipinski definition) is 0. The van der Waals surface area contributed by atoms with Gasteiger partial charge in [-0.3, -0.25) is 10.1 Å². The van der Waals surface area contributed by atoms with Crippen LogP contribution in [0.2, 0.25) is 0 Å². The van der Waals surface area contributed by atoms with Gasteiger partial charge in [0.1, 0.15) is 12.0 Å². The molecular formula is C9H9BrN4O2. The predicted octanol–water partition coefficient (Wildman–Crippen LogP) is 2.10. The summed E-state index contributed by atoms with van der Waals surface area (Å²) in [6.45, 7) is 0.528. The zero-order chi connectivity index (χ0) is 12.1. The summed E-state index contributed by atoms with van der Waals surface area (Å²) in [5.74, 6) is 0.584. The van der Waals surface area contributed by atoms with Crippen LogP contribution in [0.4, 0.5) is 11.5 Å². The highest BCUT2D eigenvalue weighted by Crippen LogP contribution is 2.26. The predicted molar refractivity (Wildman–Crippen MR) is 62.1 cm³/mol. The number of anilines is 1. The third-order valence-electron chi connectivity index (χ3n) is 1.94. The molecule has 0 N–H and O–H groups in total. The molecule has 1 aromatic heterocycles. The Morgan fingerprint density at radius 1 is 1.75 bits per heavy atom. The van der Waals surface area contributed by atoms with Gasteiger partial charge in [0.25, 0.3) is 5.69 Å². The van der Waals surface area contributed by atoms with Crippen LogP contribution in [0.15, 0.2) is 16.7 Å². The average molecular weight is 285 g/mol. The maximum atomic E-state index is 10.5. The van der Waals surface area contributed by atoms with E-state index in [0.717, 1.165) is 0 Å². The summed E-state index contributed by atoms with van der Waals surface area (Å²) in [6, 6.07) is 3.42. The number of nitro groups is 1. The largest absolute Gasteiger partial charge is 0.358 e. The van der Waals surface area contributed by atoms with E-state index in [2.05, 4.69) is 20.9 Å². The van der Waals surface area contributed by atoms with E-state index in [-0.39, 0.29) is 5.69 Å². The highest BCUT2D eigenvalue weighted by Gasteiger charge is 2.13. The van der Waals surface area contributed by atoms with Gasteiger partial charge in [0, 0.05) is 19.7 Å². The molecule has 0 atom stereocenters. The monoisotopic (exact) mass is 284 g/mol. The van der Waals surface area contributed by atoms with E-state index >= 15 is 0 Å². The van der Waals surface area contributed by atoms with Crippen LogP contribution in [0.5, 0.6) is 0 Å². The Balaban J connectivity index is 2.91. The number of aromatic nitrogens is 1. The SMILES string of the molecule is CN(CCC#N)c1ncc([N+](=O)[O-])cc1Br. The van der Waals surface area contributed by atoms with Crippen molar-refractivity contribution in [3.8, 4) is 6.07 Å². The molecule has 0 aromatic carbocycles. The molecule has 0 aliphatic rings. The smallest absolute Gasteiger partial charge is 0.288 e. The summed E-state index contributed by atoms with van der Waals surface area (Å²) < 4.78 is 0.544. The zero-order valence-electron chi connectivity index (χ0n) is 8.55. The Morgan fingerprint density at radius 2 is 2.44 bits per heavy atom. The molecule has 16 heavy (non-hydrogen) atoms. The standard InChI is InChI=1S/C9H9BrN4O2/c1-13(4-2-3-11)9-8(10)5-7(6-12-9)14(15)16/h5-6H,2,4H2,1H3. The van der Waals surface area contributed by atoms with Gasteiger partial charge in [-0.15, -0.1) is 0 Å². The normalized spacial score (nSPS) is 9.56. The Kier molecular flexibility index (Phi) is 4.19. The first-order valence-corrected chi connectivity index (χ1v) is 5.23. The van der Waals surface area contributed by atoms with Crippen molar-refractivity contribution in [3.63, 3.8) is 0 Å². The van der Waals surface area contributed by atoms with Crippen molar-refractivity contribution >= 4 is 27.4 Å². The van der Waals surface area contributed by atoms with Gasteiger partial charge in [-0.1, -0.05) is 0 Å². The van der Waals surface area contributed by atoms with Gasteiger partial charge in [0.05, 0.1) is 21.9 Å². The lowest BCUT2D eigenvalue weighted by molar-refractivity contribution is -0.385. The molecule has 6 nitrogen and oxygen atoms in total. The molecule has 0 unspecified atom stereocenters. The van der Waals surface area contributed by atoms with Gasteiger partial charge in [-0.2, -0.15) is 5.26 Å². The molecule has 0 saturated heterocycles. The highest BCUT2D eigenvalue weighted by molar-refractivity contribution is 9.10. The van der Waals surface area contributed by atoms with E-state index in [1.165, 1.54) is 12.3 Å². The average Bonchev–Trinajstić information content (AvgIpc) is 2.25. The van der Waals surface area contributed by atoms with Gasteiger partial charge in [0.15, 0.2) is 0 Å². The molecule has 7 heteroatoms. The first kappa shape index (κ1) is 12.4.